The van der Waals surface area contributed by atoms with E-state index in [4.69, 9.17) is 4.74 Å². The summed E-state index contributed by atoms with van der Waals surface area (Å²) < 4.78 is 57.2. The number of urea groups is 1. The first-order chi connectivity index (χ1) is 13.8. The fourth-order valence-corrected chi connectivity index (χ4v) is 4.02. The molecule has 1 saturated carbocycles. The van der Waals surface area contributed by atoms with Crippen molar-refractivity contribution in [1.29, 1.82) is 0 Å². The van der Waals surface area contributed by atoms with E-state index in [1.54, 1.807) is 6.92 Å². The Morgan fingerprint density at radius 2 is 1.83 bits per heavy atom. The third-order valence-electron chi connectivity index (χ3n) is 4.38. The second kappa shape index (κ2) is 8.77. The van der Waals surface area contributed by atoms with Gasteiger partial charge in [-0.05, 0) is 55.5 Å². The number of benzene rings is 2. The molecule has 156 valence electrons. The Balaban J connectivity index is 1.82. The van der Waals surface area contributed by atoms with Crippen molar-refractivity contribution in [1.82, 2.24) is 0 Å². The molecular weight excluding hydrogens is 402 g/mol. The predicted molar refractivity (Wildman–Crippen MR) is 106 cm³/mol. The van der Waals surface area contributed by atoms with Gasteiger partial charge >= 0.3 is 6.03 Å². The van der Waals surface area contributed by atoms with Crippen molar-refractivity contribution in [2.24, 2.45) is 5.92 Å². The van der Waals surface area contributed by atoms with E-state index in [-0.39, 0.29) is 22.0 Å². The second-order valence-corrected chi connectivity index (χ2v) is 9.04. The summed E-state index contributed by atoms with van der Waals surface area (Å²) in [5.41, 5.74) is -0.0537. The Kier molecular flexibility index (Phi) is 6.36. The number of hydrogen-bond donors (Lipinski definition) is 2. The van der Waals surface area contributed by atoms with Gasteiger partial charge in [0.15, 0.2) is 9.84 Å². The average molecular weight is 424 g/mol. The van der Waals surface area contributed by atoms with Crippen LogP contribution in [0.1, 0.15) is 26.2 Å². The Labute approximate surface area is 168 Å². The van der Waals surface area contributed by atoms with E-state index in [1.807, 2.05) is 0 Å². The number of anilines is 2. The van der Waals surface area contributed by atoms with Gasteiger partial charge in [0.2, 0.25) is 0 Å². The summed E-state index contributed by atoms with van der Waals surface area (Å²) in [6.45, 7) is 2.22. The van der Waals surface area contributed by atoms with Crippen molar-refractivity contribution in [3.63, 3.8) is 0 Å². The number of rotatable bonds is 8. The lowest BCUT2D eigenvalue weighted by Crippen LogP contribution is -2.21. The summed E-state index contributed by atoms with van der Waals surface area (Å²) in [7, 11) is -3.50. The standard InChI is InChI=1S/C20H22F2N2O4S/c1-2-9-29(26,27)15-6-8-19(28-12-13-3-4-13)18(11-15)24-20(25)23-17-7-5-14(21)10-16(17)22/h5-8,10-11,13H,2-4,9,12H2,1H3,(H2,23,24,25). The maximum Gasteiger partial charge on any atom is 0.323 e. The maximum absolute atomic E-state index is 13.8. The number of sulfone groups is 1. The first kappa shape index (κ1) is 21.0. The number of carbonyl (C=O) groups excluding carboxylic acids is 1. The number of nitrogens with one attached hydrogen (secondary N) is 2. The van der Waals surface area contributed by atoms with Gasteiger partial charge in [-0.25, -0.2) is 22.0 Å². The van der Waals surface area contributed by atoms with Crippen LogP contribution in [0.2, 0.25) is 0 Å². The molecule has 0 radical (unpaired) electrons. The summed E-state index contributed by atoms with van der Waals surface area (Å²) in [4.78, 5) is 12.4. The maximum atomic E-state index is 13.8. The predicted octanol–water partition coefficient (Wildman–Crippen LogP) is 4.58. The van der Waals surface area contributed by atoms with Crippen LogP contribution in [0.15, 0.2) is 41.3 Å². The highest BCUT2D eigenvalue weighted by atomic mass is 32.2. The highest BCUT2D eigenvalue weighted by Crippen LogP contribution is 2.33. The van der Waals surface area contributed by atoms with Crippen LogP contribution in [0, 0.1) is 17.6 Å². The van der Waals surface area contributed by atoms with E-state index in [0.717, 1.165) is 25.0 Å². The minimum Gasteiger partial charge on any atom is -0.491 e. The van der Waals surface area contributed by atoms with Gasteiger partial charge in [-0.3, -0.25) is 0 Å². The van der Waals surface area contributed by atoms with Gasteiger partial charge in [-0.15, -0.1) is 0 Å². The van der Waals surface area contributed by atoms with Crippen LogP contribution in [0.5, 0.6) is 5.75 Å². The van der Waals surface area contributed by atoms with E-state index in [2.05, 4.69) is 10.6 Å². The number of halogens is 2. The van der Waals surface area contributed by atoms with Gasteiger partial charge in [-0.1, -0.05) is 6.92 Å². The summed E-state index contributed by atoms with van der Waals surface area (Å²) in [6, 6.07) is 6.22. The first-order valence-corrected chi connectivity index (χ1v) is 11.0. The minimum absolute atomic E-state index is 0.0261. The molecule has 0 aliphatic heterocycles. The lowest BCUT2D eigenvalue weighted by atomic mass is 10.3. The van der Waals surface area contributed by atoms with Crippen molar-refractivity contribution < 1.29 is 26.7 Å². The lowest BCUT2D eigenvalue weighted by molar-refractivity contribution is 0.261. The van der Waals surface area contributed by atoms with Crippen molar-refractivity contribution in [2.45, 2.75) is 31.1 Å². The Morgan fingerprint density at radius 3 is 2.48 bits per heavy atom. The van der Waals surface area contributed by atoms with Crippen molar-refractivity contribution in [2.75, 3.05) is 23.0 Å². The molecule has 2 aromatic rings. The quantitative estimate of drug-likeness (QED) is 0.650. The SMILES string of the molecule is CCCS(=O)(=O)c1ccc(OCC2CC2)c(NC(=O)Nc2ccc(F)cc2F)c1. The van der Waals surface area contributed by atoms with Crippen LogP contribution in [-0.2, 0) is 9.84 Å². The van der Waals surface area contributed by atoms with Crippen LogP contribution >= 0.6 is 0 Å². The third-order valence-corrected chi connectivity index (χ3v) is 6.30. The molecule has 0 atom stereocenters. The third kappa shape index (κ3) is 5.66. The van der Waals surface area contributed by atoms with Crippen molar-refractivity contribution >= 4 is 27.2 Å². The molecule has 1 aliphatic carbocycles. The zero-order chi connectivity index (χ0) is 21.0. The molecule has 0 bridgehead atoms. The van der Waals surface area contributed by atoms with Crippen molar-refractivity contribution in [3.8, 4) is 5.75 Å². The van der Waals surface area contributed by atoms with Gasteiger partial charge in [0.05, 0.1) is 28.6 Å². The first-order valence-electron chi connectivity index (χ1n) is 9.31. The number of carbonyl (C=O) groups is 1. The lowest BCUT2D eigenvalue weighted by Gasteiger charge is -2.15. The normalized spacial score (nSPS) is 13.8. The van der Waals surface area contributed by atoms with Gasteiger partial charge < -0.3 is 15.4 Å². The molecule has 2 aromatic carbocycles. The smallest absolute Gasteiger partial charge is 0.323 e. The fourth-order valence-electron chi connectivity index (χ4n) is 2.67. The number of ether oxygens (including phenoxy) is 1. The average Bonchev–Trinajstić information content (AvgIpc) is 3.47. The molecule has 1 aliphatic rings. The van der Waals surface area contributed by atoms with Crippen LogP contribution in [-0.4, -0.2) is 26.8 Å². The van der Waals surface area contributed by atoms with Gasteiger partial charge in [0, 0.05) is 6.07 Å². The summed E-state index contributed by atoms with van der Waals surface area (Å²) >= 11 is 0. The molecular formula is C20H22F2N2O4S. The zero-order valence-electron chi connectivity index (χ0n) is 15.9. The molecule has 0 aromatic heterocycles. The topological polar surface area (TPSA) is 84.5 Å². The van der Waals surface area contributed by atoms with Crippen LogP contribution < -0.4 is 15.4 Å². The molecule has 0 spiro atoms. The largest absolute Gasteiger partial charge is 0.491 e. The zero-order valence-corrected chi connectivity index (χ0v) is 16.7. The molecule has 0 unspecified atom stereocenters. The second-order valence-electron chi connectivity index (χ2n) is 6.93. The molecule has 0 heterocycles. The van der Waals surface area contributed by atoms with Gasteiger partial charge in [0.25, 0.3) is 0 Å². The van der Waals surface area contributed by atoms with Crippen LogP contribution in [0.4, 0.5) is 25.0 Å². The molecule has 0 saturated heterocycles. The minimum atomic E-state index is -3.50. The van der Waals surface area contributed by atoms with Crippen LogP contribution in [0.25, 0.3) is 0 Å². The van der Waals surface area contributed by atoms with E-state index in [9.17, 15) is 22.0 Å². The van der Waals surface area contributed by atoms with Crippen LogP contribution in [0.3, 0.4) is 0 Å². The van der Waals surface area contributed by atoms with Crippen molar-refractivity contribution in [3.05, 3.63) is 48.0 Å². The Morgan fingerprint density at radius 1 is 1.10 bits per heavy atom. The molecule has 29 heavy (non-hydrogen) atoms. The summed E-state index contributed by atoms with van der Waals surface area (Å²) in [5, 5.41) is 4.78. The van der Waals surface area contributed by atoms with Gasteiger partial charge in [-0.2, -0.15) is 0 Å². The van der Waals surface area contributed by atoms with E-state index >= 15 is 0 Å². The Hall–Kier alpha value is -2.68. The molecule has 3 rings (SSSR count). The molecule has 2 amide bonds. The number of amides is 2. The van der Waals surface area contributed by atoms with E-state index < -0.39 is 27.5 Å². The Bertz CT molecular complexity index is 1010. The summed E-state index contributed by atoms with van der Waals surface area (Å²) in [5.74, 6) is -0.944. The monoisotopic (exact) mass is 424 g/mol. The molecule has 1 fully saturated rings. The molecule has 2 N–H and O–H groups in total. The molecule has 9 heteroatoms. The highest BCUT2D eigenvalue weighted by molar-refractivity contribution is 7.91. The summed E-state index contributed by atoms with van der Waals surface area (Å²) in [6.07, 6.45) is 2.58. The van der Waals surface area contributed by atoms with E-state index in [1.165, 1.54) is 18.2 Å². The van der Waals surface area contributed by atoms with E-state index in [0.29, 0.717) is 30.8 Å². The fraction of sp³-hybridized carbons (Fsp3) is 0.350. The highest BCUT2D eigenvalue weighted by Gasteiger charge is 2.23. The number of hydrogen-bond acceptors (Lipinski definition) is 4. The molecule has 6 nitrogen and oxygen atoms in total. The van der Waals surface area contributed by atoms with Gasteiger partial charge in [0.1, 0.15) is 17.4 Å².